The molecule has 0 aromatic heterocycles. The van der Waals surface area contributed by atoms with Gasteiger partial charge in [0.1, 0.15) is 11.3 Å². The van der Waals surface area contributed by atoms with E-state index in [1.165, 1.54) is 14.0 Å². The lowest BCUT2D eigenvalue weighted by molar-refractivity contribution is -0.131. The predicted molar refractivity (Wildman–Crippen MR) is 159 cm³/mol. The molecule has 204 valence electrons. The highest BCUT2D eigenvalue weighted by Crippen LogP contribution is 2.49. The first-order valence-corrected chi connectivity index (χ1v) is 13.0. The Morgan fingerprint density at radius 3 is 1.77 bits per heavy atom. The molecule has 0 bridgehead atoms. The maximum absolute atomic E-state index is 13.1. The third-order valence-electron chi connectivity index (χ3n) is 7.17. The minimum Gasteiger partial charge on any atom is -0.472 e. The highest BCUT2D eigenvalue weighted by molar-refractivity contribution is 6.09. The van der Waals surface area contributed by atoms with Crippen LogP contribution in [0.25, 0.3) is 16.8 Å². The average molecular weight is 537 g/mol. The zero-order chi connectivity index (χ0) is 28.6. The number of carbonyl (C=O) groups is 2. The molecular formula is C33H32N2O5. The van der Waals surface area contributed by atoms with Crippen molar-refractivity contribution in [3.63, 3.8) is 0 Å². The first-order chi connectivity index (χ1) is 19.2. The van der Waals surface area contributed by atoms with Crippen LogP contribution in [0.15, 0.2) is 78.9 Å². The smallest absolute Gasteiger partial charge is 0.342 e. The number of fused-ring (bicyclic) bond motifs is 3. The quantitative estimate of drug-likeness (QED) is 0.220. The van der Waals surface area contributed by atoms with Crippen LogP contribution in [0.3, 0.4) is 0 Å². The van der Waals surface area contributed by atoms with Gasteiger partial charge < -0.3 is 24.0 Å². The van der Waals surface area contributed by atoms with Crippen molar-refractivity contribution in [1.82, 2.24) is 0 Å². The first-order valence-electron chi connectivity index (χ1n) is 13.0. The van der Waals surface area contributed by atoms with Crippen LogP contribution >= 0.6 is 0 Å². The number of carbonyl (C=O) groups excluding carboxylic acids is 2. The minimum absolute atomic E-state index is 0.141. The molecule has 7 heteroatoms. The van der Waals surface area contributed by atoms with Gasteiger partial charge in [-0.05, 0) is 36.4 Å². The summed E-state index contributed by atoms with van der Waals surface area (Å²) >= 11 is 0. The van der Waals surface area contributed by atoms with Crippen molar-refractivity contribution in [1.29, 1.82) is 0 Å². The van der Waals surface area contributed by atoms with Crippen LogP contribution < -0.4 is 19.3 Å². The van der Waals surface area contributed by atoms with Gasteiger partial charge in [-0.15, -0.1) is 0 Å². The van der Waals surface area contributed by atoms with Crippen LogP contribution in [0.4, 0.5) is 11.4 Å². The van der Waals surface area contributed by atoms with Crippen LogP contribution in [0.5, 0.6) is 11.5 Å². The molecule has 0 radical (unpaired) electrons. The van der Waals surface area contributed by atoms with E-state index in [1.807, 2.05) is 68.3 Å². The first kappa shape index (κ1) is 26.8. The molecule has 1 heterocycles. The maximum Gasteiger partial charge on any atom is 0.342 e. The summed E-state index contributed by atoms with van der Waals surface area (Å²) in [6, 6.07) is 23.9. The molecule has 1 aliphatic heterocycles. The van der Waals surface area contributed by atoms with E-state index in [1.54, 1.807) is 6.07 Å². The van der Waals surface area contributed by atoms with Crippen molar-refractivity contribution >= 4 is 40.2 Å². The number of anilines is 2. The average Bonchev–Trinajstić information content (AvgIpc) is 2.96. The molecule has 0 saturated carbocycles. The normalized spacial score (nSPS) is 13.2. The van der Waals surface area contributed by atoms with E-state index in [0.29, 0.717) is 22.1 Å². The largest absolute Gasteiger partial charge is 0.472 e. The Bertz CT molecular complexity index is 1570. The number of benzene rings is 4. The van der Waals surface area contributed by atoms with Gasteiger partial charge in [0.2, 0.25) is 0 Å². The van der Waals surface area contributed by atoms with Crippen LogP contribution in [0, 0.1) is 0 Å². The monoisotopic (exact) mass is 536 g/mol. The van der Waals surface area contributed by atoms with E-state index in [9.17, 15) is 9.59 Å². The van der Waals surface area contributed by atoms with Crippen molar-refractivity contribution in [3.8, 4) is 11.5 Å². The minimum atomic E-state index is -0.998. The van der Waals surface area contributed by atoms with Crippen molar-refractivity contribution in [2.75, 3.05) is 45.1 Å². The summed E-state index contributed by atoms with van der Waals surface area (Å²) < 4.78 is 17.8. The number of ether oxygens (including phenoxy) is 3. The SMILES string of the molecule is COC(=O)c1c2c(c3ccccc3c1OC(C)=O)OC(c1ccc(N(C)C)cc1)(c1ccc(N(C)C)cc1)C=C2. The Morgan fingerprint density at radius 2 is 1.30 bits per heavy atom. The third-order valence-corrected chi connectivity index (χ3v) is 7.17. The molecule has 1 aliphatic rings. The van der Waals surface area contributed by atoms with Crippen molar-refractivity contribution in [2.45, 2.75) is 12.5 Å². The third kappa shape index (κ3) is 4.53. The number of methoxy groups -OCH3 is 1. The van der Waals surface area contributed by atoms with Crippen molar-refractivity contribution in [3.05, 3.63) is 101 Å². The Hall–Kier alpha value is -4.78. The summed E-state index contributed by atoms with van der Waals surface area (Å²) in [5.74, 6) is -0.500. The van der Waals surface area contributed by atoms with Gasteiger partial charge in [-0.2, -0.15) is 0 Å². The Labute approximate surface area is 234 Å². The van der Waals surface area contributed by atoms with Gasteiger partial charge in [0.05, 0.1) is 7.11 Å². The van der Waals surface area contributed by atoms with Gasteiger partial charge in [-0.25, -0.2) is 4.79 Å². The fraction of sp³-hybridized carbons (Fsp3) is 0.212. The zero-order valence-electron chi connectivity index (χ0n) is 23.5. The fourth-order valence-electron chi connectivity index (χ4n) is 5.11. The summed E-state index contributed by atoms with van der Waals surface area (Å²) in [6.07, 6.45) is 3.81. The fourth-order valence-corrected chi connectivity index (χ4v) is 5.11. The second-order valence-electron chi connectivity index (χ2n) is 10.1. The highest BCUT2D eigenvalue weighted by Gasteiger charge is 2.40. The highest BCUT2D eigenvalue weighted by atomic mass is 16.5. The molecule has 0 amide bonds. The molecule has 0 atom stereocenters. The molecule has 5 rings (SSSR count). The maximum atomic E-state index is 13.1. The Morgan fingerprint density at radius 1 is 0.775 bits per heavy atom. The summed E-state index contributed by atoms with van der Waals surface area (Å²) in [4.78, 5) is 29.3. The van der Waals surface area contributed by atoms with Crippen LogP contribution in [-0.2, 0) is 15.1 Å². The molecule has 40 heavy (non-hydrogen) atoms. The van der Waals surface area contributed by atoms with Gasteiger partial charge in [0, 0.05) is 74.0 Å². The van der Waals surface area contributed by atoms with E-state index >= 15 is 0 Å². The zero-order valence-corrected chi connectivity index (χ0v) is 23.5. The molecule has 4 aromatic carbocycles. The van der Waals surface area contributed by atoms with Crippen LogP contribution in [0.2, 0.25) is 0 Å². The molecule has 0 fully saturated rings. The standard InChI is InChI=1S/C33H32N2O5/c1-21(36)39-31-27-10-8-7-9-26(27)30-28(29(31)32(37)38-6)19-20-33(40-30,22-11-15-24(16-12-22)34(2)3)23-13-17-25(18-14-23)35(4)5/h7-20H,1-6H3. The molecule has 0 saturated heterocycles. The molecule has 0 aliphatic carbocycles. The number of nitrogens with zero attached hydrogens (tertiary/aromatic N) is 2. The van der Waals surface area contributed by atoms with Gasteiger partial charge in [-0.3, -0.25) is 4.79 Å². The summed E-state index contributed by atoms with van der Waals surface area (Å²) in [5.41, 5.74) is 3.60. The van der Waals surface area contributed by atoms with Crippen LogP contribution in [0.1, 0.15) is 34.0 Å². The molecule has 0 spiro atoms. The summed E-state index contributed by atoms with van der Waals surface area (Å²) in [7, 11) is 9.30. The number of rotatable bonds is 6. The summed E-state index contributed by atoms with van der Waals surface area (Å²) in [5, 5.41) is 1.29. The Kier molecular flexibility index (Phi) is 6.98. The van der Waals surface area contributed by atoms with E-state index < -0.39 is 17.5 Å². The van der Waals surface area contributed by atoms with Crippen molar-refractivity contribution in [2.24, 2.45) is 0 Å². The molecule has 0 unspecified atom stereocenters. The second kappa shape index (κ2) is 10.4. The van der Waals surface area contributed by atoms with Gasteiger partial charge in [-0.1, -0.05) is 48.5 Å². The molecular weight excluding hydrogens is 504 g/mol. The van der Waals surface area contributed by atoms with Crippen molar-refractivity contribution < 1.29 is 23.8 Å². The van der Waals surface area contributed by atoms with Gasteiger partial charge >= 0.3 is 11.9 Å². The lowest BCUT2D eigenvalue weighted by atomic mass is 9.82. The molecule has 7 nitrogen and oxygen atoms in total. The lowest BCUT2D eigenvalue weighted by Crippen LogP contribution is -2.35. The number of esters is 2. The molecule has 0 N–H and O–H groups in total. The lowest BCUT2D eigenvalue weighted by Gasteiger charge is -2.37. The Balaban J connectivity index is 1.80. The topological polar surface area (TPSA) is 68.3 Å². The van der Waals surface area contributed by atoms with Crippen LogP contribution in [-0.4, -0.2) is 47.2 Å². The number of hydrogen-bond donors (Lipinski definition) is 0. The summed E-state index contributed by atoms with van der Waals surface area (Å²) in [6.45, 7) is 1.31. The second-order valence-corrected chi connectivity index (χ2v) is 10.1. The van der Waals surface area contributed by atoms with E-state index in [0.717, 1.165) is 22.5 Å². The van der Waals surface area contributed by atoms with E-state index in [2.05, 4.69) is 48.5 Å². The molecule has 4 aromatic rings. The van der Waals surface area contributed by atoms with Gasteiger partial charge in [0.15, 0.2) is 11.4 Å². The van der Waals surface area contributed by atoms with E-state index in [-0.39, 0.29) is 11.3 Å². The van der Waals surface area contributed by atoms with Gasteiger partial charge in [0.25, 0.3) is 0 Å². The predicted octanol–water partition coefficient (Wildman–Crippen LogP) is 6.03. The number of hydrogen-bond acceptors (Lipinski definition) is 7. The van der Waals surface area contributed by atoms with E-state index in [4.69, 9.17) is 14.2 Å².